The summed E-state index contributed by atoms with van der Waals surface area (Å²) in [6, 6.07) is 36.7. The van der Waals surface area contributed by atoms with E-state index >= 15 is 0 Å². The summed E-state index contributed by atoms with van der Waals surface area (Å²) in [6.45, 7) is 1.67. The van der Waals surface area contributed by atoms with Gasteiger partial charge in [-0.15, -0.1) is 0 Å². The van der Waals surface area contributed by atoms with Crippen molar-refractivity contribution in [3.8, 4) is 23.4 Å². The molecule has 0 unspecified atom stereocenters. The van der Waals surface area contributed by atoms with E-state index in [2.05, 4.69) is 25.9 Å². The van der Waals surface area contributed by atoms with E-state index in [0.29, 0.717) is 32.6 Å². The molecule has 16 nitrogen and oxygen atoms in total. The molecule has 2 aliphatic rings. The molecule has 2 aliphatic heterocycles. The number of carbonyl (C=O) groups is 2. The van der Waals surface area contributed by atoms with Crippen LogP contribution in [0.3, 0.4) is 0 Å². The van der Waals surface area contributed by atoms with Crippen LogP contribution in [0.2, 0.25) is 0 Å². The van der Waals surface area contributed by atoms with Crippen LogP contribution in [-0.2, 0) is 20.0 Å². The van der Waals surface area contributed by atoms with Gasteiger partial charge in [-0.25, -0.2) is 35.6 Å². The first-order valence-corrected chi connectivity index (χ1v) is 24.2. The lowest BCUT2D eigenvalue weighted by Gasteiger charge is -2.33. The van der Waals surface area contributed by atoms with Gasteiger partial charge in [-0.2, -0.15) is 19.1 Å². The van der Waals surface area contributed by atoms with Crippen LogP contribution in [0.15, 0.2) is 148 Å². The van der Waals surface area contributed by atoms with E-state index in [9.17, 15) is 35.2 Å². The van der Waals surface area contributed by atoms with Gasteiger partial charge in [0.2, 0.25) is 20.0 Å². The average Bonchev–Trinajstić information content (AvgIpc) is 3.36. The highest BCUT2D eigenvalue weighted by Gasteiger charge is 2.32. The first-order valence-electron chi connectivity index (χ1n) is 20.6. The fourth-order valence-corrected chi connectivity index (χ4v) is 10.1. The molecule has 4 aromatic carbocycles. The van der Waals surface area contributed by atoms with E-state index in [1.54, 1.807) is 76.5 Å². The molecule has 0 atom stereocenters. The van der Waals surface area contributed by atoms with E-state index in [1.165, 1.54) is 75.3 Å². The van der Waals surface area contributed by atoms with E-state index < -0.39 is 27.2 Å². The maximum atomic E-state index is 13.2. The number of sulfonamides is 2. The maximum absolute atomic E-state index is 13.2. The molecule has 2 amide bonds. The highest BCUT2D eigenvalue weighted by Crippen LogP contribution is 2.23. The third-order valence-electron chi connectivity index (χ3n) is 10.5. The van der Waals surface area contributed by atoms with Gasteiger partial charge in [-0.3, -0.25) is 9.59 Å². The van der Waals surface area contributed by atoms with Crippen molar-refractivity contribution < 1.29 is 45.3 Å². The predicted molar refractivity (Wildman–Crippen MR) is 256 cm³/mol. The molecule has 0 spiro atoms. The Hall–Kier alpha value is -6.76. The lowest BCUT2D eigenvalue weighted by atomic mass is 9.80. The summed E-state index contributed by atoms with van der Waals surface area (Å²) in [5.74, 6) is -1.26. The first-order chi connectivity index (χ1) is 32.5. The Morgan fingerprint density at radius 1 is 0.580 bits per heavy atom. The lowest BCUT2D eigenvalue weighted by Crippen LogP contribution is -2.50. The van der Waals surface area contributed by atoms with Crippen LogP contribution in [0.4, 0.5) is 8.78 Å². The molecule has 2 fully saturated rings. The molecular formula is C47H44BBrF2N8O8S2. The number of benzene rings is 4. The lowest BCUT2D eigenvalue weighted by molar-refractivity contribution is 0.0686. The monoisotopic (exact) mass is 1040 g/mol. The second kappa shape index (κ2) is 24.0. The minimum atomic E-state index is -3.76. The first kappa shape index (κ1) is 53.2. The van der Waals surface area contributed by atoms with E-state index in [-0.39, 0.29) is 104 Å². The second-order valence-electron chi connectivity index (χ2n) is 14.9. The number of halogens is 3. The van der Waals surface area contributed by atoms with Gasteiger partial charge in [0.25, 0.3) is 11.8 Å². The number of amides is 2. The van der Waals surface area contributed by atoms with Crippen LogP contribution in [0.25, 0.3) is 11.3 Å². The molecule has 8 rings (SSSR count). The van der Waals surface area contributed by atoms with Crippen molar-refractivity contribution in [2.45, 2.75) is 17.2 Å². The molecule has 356 valence electrons. The van der Waals surface area contributed by atoms with Crippen molar-refractivity contribution in [3.05, 3.63) is 172 Å². The van der Waals surface area contributed by atoms with Crippen molar-refractivity contribution in [1.82, 2.24) is 28.4 Å². The molecule has 0 saturated carbocycles. The summed E-state index contributed by atoms with van der Waals surface area (Å²) >= 11 is 3.24. The molecule has 6 aromatic rings. The number of carbonyl (C=O) groups excluding carboxylic acids is 2. The molecule has 22 heteroatoms. The van der Waals surface area contributed by atoms with E-state index in [1.807, 2.05) is 12.1 Å². The normalized spacial score (nSPS) is 14.0. The summed E-state index contributed by atoms with van der Waals surface area (Å²) in [4.78, 5) is 37.3. The van der Waals surface area contributed by atoms with Gasteiger partial charge in [0.15, 0.2) is 0 Å². The van der Waals surface area contributed by atoms with Gasteiger partial charge in [0.1, 0.15) is 27.6 Å². The van der Waals surface area contributed by atoms with Crippen molar-refractivity contribution in [2.24, 2.45) is 0 Å². The Morgan fingerprint density at radius 3 is 1.41 bits per heavy atom. The highest BCUT2D eigenvalue weighted by molar-refractivity contribution is 9.10. The summed E-state index contributed by atoms with van der Waals surface area (Å²) in [7, 11) is -8.96. The van der Waals surface area contributed by atoms with Crippen LogP contribution < -0.4 is 5.46 Å². The largest absolute Gasteiger partial charge is 0.488 e. The molecule has 2 aromatic heterocycles. The molecular weight excluding hydrogens is 997 g/mol. The number of aromatic nitrogens is 2. The molecule has 0 aliphatic carbocycles. The number of rotatable bonds is 8. The van der Waals surface area contributed by atoms with Gasteiger partial charge < -0.3 is 19.8 Å². The van der Waals surface area contributed by atoms with Gasteiger partial charge in [-0.05, 0) is 118 Å². The zero-order valence-electron chi connectivity index (χ0n) is 35.8. The summed E-state index contributed by atoms with van der Waals surface area (Å²) in [6.07, 6.45) is 0. The summed E-state index contributed by atoms with van der Waals surface area (Å²) < 4.78 is 79.9. The quantitative estimate of drug-likeness (QED) is 0.153. The van der Waals surface area contributed by atoms with Crippen molar-refractivity contribution in [3.63, 3.8) is 0 Å². The maximum Gasteiger partial charge on any atom is 0.488 e. The van der Waals surface area contributed by atoms with E-state index in [0.717, 1.165) is 0 Å². The minimum absolute atomic E-state index is 0. The summed E-state index contributed by atoms with van der Waals surface area (Å²) in [5.41, 5.74) is 2.65. The van der Waals surface area contributed by atoms with Crippen LogP contribution in [0.5, 0.6) is 0 Å². The van der Waals surface area contributed by atoms with Gasteiger partial charge in [0, 0.05) is 57.9 Å². The molecule has 2 saturated heterocycles. The predicted octanol–water partition coefficient (Wildman–Crippen LogP) is 4.91. The topological polar surface area (TPSA) is 229 Å². The number of nitrogens with zero attached hydrogens (tertiary/aromatic N) is 8. The van der Waals surface area contributed by atoms with Crippen molar-refractivity contribution in [2.75, 3.05) is 52.4 Å². The number of piperazine rings is 2. The number of pyridine rings is 2. The van der Waals surface area contributed by atoms with Crippen molar-refractivity contribution >= 4 is 60.4 Å². The number of nitriles is 2. The summed E-state index contributed by atoms with van der Waals surface area (Å²) in [5, 5.41) is 35.1. The number of hydrogen-bond acceptors (Lipinski definition) is 12. The van der Waals surface area contributed by atoms with Crippen LogP contribution in [0.1, 0.15) is 39.5 Å². The highest BCUT2D eigenvalue weighted by atomic mass is 79.9. The Labute approximate surface area is 407 Å². The fraction of sp³-hybridized carbons (Fsp3) is 0.191. The zero-order valence-corrected chi connectivity index (χ0v) is 39.0. The van der Waals surface area contributed by atoms with Gasteiger partial charge >= 0.3 is 7.12 Å². The van der Waals surface area contributed by atoms with Crippen LogP contribution >= 0.6 is 15.9 Å². The van der Waals surface area contributed by atoms with Crippen LogP contribution in [0, 0.1) is 34.3 Å². The Balaban J connectivity index is 0.000000215. The molecule has 0 bridgehead atoms. The third kappa shape index (κ3) is 13.7. The smallest absolute Gasteiger partial charge is 0.423 e. The van der Waals surface area contributed by atoms with Gasteiger partial charge in [-0.1, -0.05) is 43.8 Å². The second-order valence-corrected chi connectivity index (χ2v) is 19.5. The third-order valence-corrected chi connectivity index (χ3v) is 14.7. The Bertz CT molecular complexity index is 3070. The Kier molecular flexibility index (Phi) is 18.5. The SMILES string of the molecule is C.N#Cc1cccc(S(=O)(=O)N2CCN(C(=O)c3cccc(-c4ccc(F)cc4)n3)CC2)c1.N#Cc1cccc(S(=O)(=O)N2CCN(C(=O)c3cccc(Br)n3)CC2)c1.OB(O)c1ccc(F)cc1. The molecule has 69 heavy (non-hydrogen) atoms. The van der Waals surface area contributed by atoms with E-state index in [4.69, 9.17) is 20.6 Å². The molecule has 0 radical (unpaired) electrons. The Morgan fingerprint density at radius 2 is 0.986 bits per heavy atom. The van der Waals surface area contributed by atoms with Crippen molar-refractivity contribution in [1.29, 1.82) is 10.5 Å². The standard InChI is InChI=1S/C23H19FN4O3S.C17H15BrN4O3S.C6H6BFO2.CH4/c24-19-9-7-18(8-10-19)21-5-2-6-22(26-21)23(29)27-11-13-28(14-12-27)32(30,31)20-4-1-3-17(15-20)16-25;18-16-6-2-5-15(20-16)17(23)21-7-9-22(10-8-21)26(24,25)14-4-1-3-13(11-14)12-19;8-6-3-1-5(2-4-6)7(9)10;/h1-10,15H,11-14H2;1-6,11H,7-10H2;1-4,9-10H;1H4. The zero-order chi connectivity index (χ0) is 49.0. The molecule has 4 heterocycles. The van der Waals surface area contributed by atoms with Gasteiger partial charge in [0.05, 0.1) is 38.8 Å². The number of hydrogen-bond donors (Lipinski definition) is 2. The van der Waals surface area contributed by atoms with Crippen LogP contribution in [-0.4, -0.2) is 127 Å². The minimum Gasteiger partial charge on any atom is -0.423 e. The average molecular weight is 1040 g/mol. The fourth-order valence-electron chi connectivity index (χ4n) is 6.83. The molecule has 2 N–H and O–H groups in total.